The van der Waals surface area contributed by atoms with Gasteiger partial charge in [0.05, 0.1) is 23.9 Å². The number of alkyl carbamates (subject to hydrolysis) is 1. The summed E-state index contributed by atoms with van der Waals surface area (Å²) in [7, 11) is 1.23. The van der Waals surface area contributed by atoms with Crippen LogP contribution in [0, 0.1) is 0 Å². The lowest BCUT2D eigenvalue weighted by Crippen LogP contribution is -2.33. The molecule has 0 heterocycles. The molecule has 0 radical (unpaired) electrons. The molecule has 5 N–H and O–H groups in total. The number of amides is 1. The average molecular weight is 365 g/mol. The first-order chi connectivity index (χ1) is 12.1. The van der Waals surface area contributed by atoms with Gasteiger partial charge in [0.2, 0.25) is 0 Å². The summed E-state index contributed by atoms with van der Waals surface area (Å²) >= 11 is 0. The Bertz CT molecular complexity index is 680. The lowest BCUT2D eigenvalue weighted by atomic mass is 9.98. The number of esters is 1. The number of unbranched alkanes of at least 4 members (excludes halogenated alkanes) is 1. The van der Waals surface area contributed by atoms with Gasteiger partial charge in [0.15, 0.2) is 5.78 Å². The summed E-state index contributed by atoms with van der Waals surface area (Å²) in [5, 5.41) is 2.62. The van der Waals surface area contributed by atoms with Crippen molar-refractivity contribution in [2.45, 2.75) is 45.6 Å². The molecular formula is C18H27N3O5. The van der Waals surface area contributed by atoms with Crippen LogP contribution in [0.25, 0.3) is 0 Å². The Hall–Kier alpha value is -2.77. The quantitative estimate of drug-likeness (QED) is 0.292. The van der Waals surface area contributed by atoms with Gasteiger partial charge in [-0.2, -0.15) is 0 Å². The normalized spacial score (nSPS) is 10.9. The maximum Gasteiger partial charge on any atom is 0.407 e. The predicted octanol–water partition coefficient (Wildman–Crippen LogP) is 2.52. The molecule has 1 rings (SSSR count). The van der Waals surface area contributed by atoms with Crippen LogP contribution in [0.1, 0.15) is 60.7 Å². The number of carbonyl (C=O) groups excluding carboxylic acids is 3. The Morgan fingerprint density at radius 1 is 1.12 bits per heavy atom. The molecule has 0 aliphatic rings. The summed E-state index contributed by atoms with van der Waals surface area (Å²) in [6.07, 6.45) is 0.801. The topological polar surface area (TPSA) is 134 Å². The molecule has 0 aromatic heterocycles. The summed E-state index contributed by atoms with van der Waals surface area (Å²) in [6.45, 7) is 5.73. The minimum Gasteiger partial charge on any atom is -0.465 e. The molecule has 26 heavy (non-hydrogen) atoms. The zero-order valence-electron chi connectivity index (χ0n) is 15.7. The largest absolute Gasteiger partial charge is 0.465 e. The van der Waals surface area contributed by atoms with Crippen LogP contribution in [-0.2, 0) is 9.47 Å². The molecule has 0 unspecified atom stereocenters. The Labute approximate surface area is 153 Å². The number of ketones is 1. The van der Waals surface area contributed by atoms with Crippen molar-refractivity contribution in [3.8, 4) is 0 Å². The van der Waals surface area contributed by atoms with Crippen LogP contribution in [0.2, 0.25) is 0 Å². The van der Waals surface area contributed by atoms with Crippen molar-refractivity contribution in [2.75, 3.05) is 25.1 Å². The average Bonchev–Trinajstić information content (AvgIpc) is 2.52. The molecule has 1 amide bonds. The van der Waals surface area contributed by atoms with E-state index in [9.17, 15) is 14.4 Å². The highest BCUT2D eigenvalue weighted by atomic mass is 16.6. The fourth-order valence-electron chi connectivity index (χ4n) is 2.28. The molecule has 0 aliphatic carbocycles. The first-order valence-corrected chi connectivity index (χ1v) is 8.33. The molecule has 144 valence electrons. The molecule has 0 fully saturated rings. The molecule has 0 saturated carbocycles. The van der Waals surface area contributed by atoms with E-state index in [1.165, 1.54) is 19.2 Å². The van der Waals surface area contributed by atoms with E-state index in [0.717, 1.165) is 0 Å². The van der Waals surface area contributed by atoms with Gasteiger partial charge >= 0.3 is 12.1 Å². The second kappa shape index (κ2) is 9.07. The fourth-order valence-corrected chi connectivity index (χ4v) is 2.28. The standard InChI is InChI=1S/C18H27N3O5/c1-18(2,3)26-17(24)21-10-6-5-7-13(22)14-12(19)9-8-11(15(14)20)16(23)25-4/h8-9H,5-7,10,19-20H2,1-4H3,(H,21,24). The van der Waals surface area contributed by atoms with E-state index in [1.54, 1.807) is 20.8 Å². The minimum absolute atomic E-state index is 0.0220. The number of hydrogen-bond donors (Lipinski definition) is 3. The third-order valence-electron chi connectivity index (χ3n) is 3.46. The third kappa shape index (κ3) is 6.27. The number of benzene rings is 1. The Kier molecular flexibility index (Phi) is 7.42. The molecule has 8 heteroatoms. The van der Waals surface area contributed by atoms with Gasteiger partial charge in [-0.3, -0.25) is 4.79 Å². The number of anilines is 2. The van der Waals surface area contributed by atoms with Crippen molar-refractivity contribution in [2.24, 2.45) is 0 Å². The second-order valence-electron chi connectivity index (χ2n) is 6.79. The third-order valence-corrected chi connectivity index (χ3v) is 3.46. The first kappa shape index (κ1) is 21.3. The molecule has 0 aliphatic heterocycles. The van der Waals surface area contributed by atoms with Crippen LogP contribution >= 0.6 is 0 Å². The molecule has 0 bridgehead atoms. The number of nitrogens with one attached hydrogen (secondary N) is 1. The summed E-state index contributed by atoms with van der Waals surface area (Å²) in [6, 6.07) is 2.89. The van der Waals surface area contributed by atoms with Crippen molar-refractivity contribution < 1.29 is 23.9 Å². The number of hydrogen-bond acceptors (Lipinski definition) is 7. The van der Waals surface area contributed by atoms with E-state index in [1.807, 2.05) is 0 Å². The number of carbonyl (C=O) groups is 3. The zero-order valence-corrected chi connectivity index (χ0v) is 15.7. The highest BCUT2D eigenvalue weighted by Crippen LogP contribution is 2.26. The maximum absolute atomic E-state index is 12.4. The highest BCUT2D eigenvalue weighted by molar-refractivity contribution is 6.10. The van der Waals surface area contributed by atoms with Gasteiger partial charge in [0, 0.05) is 18.7 Å². The lowest BCUT2D eigenvalue weighted by Gasteiger charge is -2.19. The van der Waals surface area contributed by atoms with Gasteiger partial charge in [0.25, 0.3) is 0 Å². The second-order valence-corrected chi connectivity index (χ2v) is 6.79. The number of nitrogen functional groups attached to an aromatic ring is 2. The van der Waals surface area contributed by atoms with Crippen LogP contribution in [0.5, 0.6) is 0 Å². The number of rotatable bonds is 7. The summed E-state index contributed by atoms with van der Waals surface area (Å²) in [4.78, 5) is 35.6. The van der Waals surface area contributed by atoms with E-state index in [-0.39, 0.29) is 34.7 Å². The molecule has 0 saturated heterocycles. The fraction of sp³-hybridized carbons (Fsp3) is 0.500. The Balaban J connectivity index is 2.56. The number of methoxy groups -OCH3 is 1. The van der Waals surface area contributed by atoms with Crippen LogP contribution in [0.15, 0.2) is 12.1 Å². The number of nitrogens with two attached hydrogens (primary N) is 2. The van der Waals surface area contributed by atoms with Crippen molar-refractivity contribution >= 4 is 29.2 Å². The smallest absolute Gasteiger partial charge is 0.407 e. The molecular weight excluding hydrogens is 338 g/mol. The van der Waals surface area contributed by atoms with E-state index in [2.05, 4.69) is 10.1 Å². The van der Waals surface area contributed by atoms with Crippen LogP contribution in [-0.4, -0.2) is 37.1 Å². The predicted molar refractivity (Wildman–Crippen MR) is 99.0 cm³/mol. The van der Waals surface area contributed by atoms with E-state index < -0.39 is 17.7 Å². The SMILES string of the molecule is COC(=O)c1ccc(N)c(C(=O)CCCCNC(=O)OC(C)(C)C)c1N. The van der Waals surface area contributed by atoms with Gasteiger partial charge in [-0.25, -0.2) is 9.59 Å². The van der Waals surface area contributed by atoms with Gasteiger partial charge in [0.1, 0.15) is 5.60 Å². The highest BCUT2D eigenvalue weighted by Gasteiger charge is 2.20. The monoisotopic (exact) mass is 365 g/mol. The Morgan fingerprint density at radius 3 is 2.35 bits per heavy atom. The van der Waals surface area contributed by atoms with E-state index >= 15 is 0 Å². The van der Waals surface area contributed by atoms with E-state index in [0.29, 0.717) is 19.4 Å². The van der Waals surface area contributed by atoms with Gasteiger partial charge in [-0.1, -0.05) is 0 Å². The Morgan fingerprint density at radius 2 is 1.77 bits per heavy atom. The van der Waals surface area contributed by atoms with Crippen LogP contribution < -0.4 is 16.8 Å². The lowest BCUT2D eigenvalue weighted by molar-refractivity contribution is 0.0526. The number of ether oxygens (including phenoxy) is 2. The number of Topliss-reactive ketones (excluding diaryl/α,β-unsaturated/α-hetero) is 1. The molecule has 8 nitrogen and oxygen atoms in total. The van der Waals surface area contributed by atoms with Crippen molar-refractivity contribution in [1.82, 2.24) is 5.32 Å². The summed E-state index contributed by atoms with van der Waals surface area (Å²) in [5.74, 6) is -0.888. The van der Waals surface area contributed by atoms with Crippen molar-refractivity contribution in [3.05, 3.63) is 23.3 Å². The molecule has 0 spiro atoms. The van der Waals surface area contributed by atoms with Gasteiger partial charge < -0.3 is 26.3 Å². The van der Waals surface area contributed by atoms with Crippen molar-refractivity contribution in [3.63, 3.8) is 0 Å². The molecule has 1 aromatic carbocycles. The first-order valence-electron chi connectivity index (χ1n) is 8.33. The van der Waals surface area contributed by atoms with E-state index in [4.69, 9.17) is 16.2 Å². The summed E-state index contributed by atoms with van der Waals surface area (Å²) < 4.78 is 9.76. The minimum atomic E-state index is -0.627. The van der Waals surface area contributed by atoms with Crippen LogP contribution in [0.3, 0.4) is 0 Å². The summed E-state index contributed by atoms with van der Waals surface area (Å²) in [5.41, 5.74) is 11.7. The zero-order chi connectivity index (χ0) is 19.9. The van der Waals surface area contributed by atoms with Gasteiger partial charge in [-0.05, 0) is 45.7 Å². The molecule has 1 aromatic rings. The molecule has 0 atom stereocenters. The maximum atomic E-state index is 12.4. The van der Waals surface area contributed by atoms with Crippen LogP contribution in [0.4, 0.5) is 16.2 Å². The van der Waals surface area contributed by atoms with Gasteiger partial charge in [-0.15, -0.1) is 0 Å². The van der Waals surface area contributed by atoms with Crippen molar-refractivity contribution in [1.29, 1.82) is 0 Å².